The highest BCUT2D eigenvalue weighted by molar-refractivity contribution is 6.30. The molecule has 0 saturated heterocycles. The van der Waals surface area contributed by atoms with Gasteiger partial charge < -0.3 is 4.57 Å². The number of nitrogens with zero attached hydrogens (tertiary/aromatic N) is 3. The van der Waals surface area contributed by atoms with Crippen LogP contribution in [0.15, 0.2) is 60.7 Å². The number of hydrogen-bond acceptors (Lipinski definition) is 2. The Morgan fingerprint density at radius 3 is 2.42 bits per heavy atom. The molecule has 4 aromatic rings. The van der Waals surface area contributed by atoms with Crippen molar-refractivity contribution in [1.82, 2.24) is 14.8 Å². The van der Waals surface area contributed by atoms with Crippen molar-refractivity contribution in [1.29, 1.82) is 0 Å². The minimum absolute atomic E-state index is 0.120. The van der Waals surface area contributed by atoms with E-state index in [0.717, 1.165) is 28.7 Å². The van der Waals surface area contributed by atoms with Gasteiger partial charge in [-0.25, -0.2) is 0 Å². The number of hydrogen-bond donors (Lipinski definition) is 0. The molecule has 0 radical (unpaired) electrons. The van der Waals surface area contributed by atoms with E-state index in [1.807, 2.05) is 24.3 Å². The van der Waals surface area contributed by atoms with Gasteiger partial charge in [-0.3, -0.25) is 0 Å². The average Bonchev–Trinajstić information content (AvgIpc) is 3.09. The standard InChI is InChI=1S/C22H18ClN3/c1-22(2)13-19-17-6-4-3-5-14(17)9-12-18(19)21-25-24-20(26(21)22)15-7-10-16(23)11-8-15/h3-12H,13H2,1-2H3. The van der Waals surface area contributed by atoms with E-state index in [1.165, 1.54) is 21.9 Å². The van der Waals surface area contributed by atoms with Crippen molar-refractivity contribution in [3.05, 3.63) is 71.2 Å². The third-order valence-electron chi connectivity index (χ3n) is 5.26. The summed E-state index contributed by atoms with van der Waals surface area (Å²) in [6, 6.07) is 20.7. The Balaban J connectivity index is 1.79. The minimum atomic E-state index is -0.120. The molecule has 0 saturated carbocycles. The van der Waals surface area contributed by atoms with E-state index in [1.54, 1.807) is 0 Å². The summed E-state index contributed by atoms with van der Waals surface area (Å²) in [6.45, 7) is 4.51. The second kappa shape index (κ2) is 5.42. The zero-order valence-electron chi connectivity index (χ0n) is 14.7. The lowest BCUT2D eigenvalue weighted by Crippen LogP contribution is -2.34. The van der Waals surface area contributed by atoms with Gasteiger partial charge in [0, 0.05) is 21.7 Å². The predicted molar refractivity (Wildman–Crippen MR) is 106 cm³/mol. The zero-order valence-corrected chi connectivity index (χ0v) is 15.5. The fourth-order valence-electron chi connectivity index (χ4n) is 4.07. The lowest BCUT2D eigenvalue weighted by molar-refractivity contribution is 0.352. The van der Waals surface area contributed by atoms with Crippen molar-refractivity contribution in [2.45, 2.75) is 25.8 Å². The third-order valence-corrected chi connectivity index (χ3v) is 5.51. The molecule has 0 atom stereocenters. The topological polar surface area (TPSA) is 30.7 Å². The van der Waals surface area contributed by atoms with Crippen molar-refractivity contribution < 1.29 is 0 Å². The van der Waals surface area contributed by atoms with Crippen LogP contribution in [0.25, 0.3) is 33.5 Å². The van der Waals surface area contributed by atoms with E-state index >= 15 is 0 Å². The maximum absolute atomic E-state index is 6.05. The van der Waals surface area contributed by atoms with Crippen LogP contribution in [0.4, 0.5) is 0 Å². The largest absolute Gasteiger partial charge is 0.301 e. The molecule has 0 fully saturated rings. The Kier molecular flexibility index (Phi) is 3.25. The van der Waals surface area contributed by atoms with Crippen LogP contribution >= 0.6 is 11.6 Å². The van der Waals surface area contributed by atoms with Gasteiger partial charge in [-0.15, -0.1) is 10.2 Å². The molecule has 0 spiro atoms. The minimum Gasteiger partial charge on any atom is -0.301 e. The number of benzene rings is 3. The van der Waals surface area contributed by atoms with Crippen molar-refractivity contribution in [2.75, 3.05) is 0 Å². The van der Waals surface area contributed by atoms with Crippen LogP contribution in [-0.2, 0) is 12.0 Å². The third kappa shape index (κ3) is 2.20. The molecule has 26 heavy (non-hydrogen) atoms. The smallest absolute Gasteiger partial charge is 0.165 e. The van der Waals surface area contributed by atoms with Gasteiger partial charge in [0.25, 0.3) is 0 Å². The molecular weight excluding hydrogens is 342 g/mol. The molecule has 0 amide bonds. The van der Waals surface area contributed by atoms with E-state index in [2.05, 4.69) is 65.0 Å². The Morgan fingerprint density at radius 2 is 1.62 bits per heavy atom. The van der Waals surface area contributed by atoms with Gasteiger partial charge in [0.15, 0.2) is 11.6 Å². The first-order valence-electron chi connectivity index (χ1n) is 8.77. The second-order valence-corrected chi connectivity index (χ2v) is 7.93. The van der Waals surface area contributed by atoms with Crippen LogP contribution in [0.3, 0.4) is 0 Å². The Morgan fingerprint density at radius 1 is 0.885 bits per heavy atom. The van der Waals surface area contributed by atoms with Gasteiger partial charge in [0.1, 0.15) is 0 Å². The van der Waals surface area contributed by atoms with Gasteiger partial charge in [-0.2, -0.15) is 0 Å². The first-order valence-corrected chi connectivity index (χ1v) is 9.15. The summed E-state index contributed by atoms with van der Waals surface area (Å²) in [6.07, 6.45) is 0.940. The first-order chi connectivity index (χ1) is 12.5. The molecule has 3 aromatic carbocycles. The lowest BCUT2D eigenvalue weighted by Gasteiger charge is -2.35. The maximum atomic E-state index is 6.05. The monoisotopic (exact) mass is 359 g/mol. The van der Waals surface area contributed by atoms with Gasteiger partial charge in [-0.05, 0) is 60.9 Å². The highest BCUT2D eigenvalue weighted by atomic mass is 35.5. The normalized spacial score (nSPS) is 14.9. The summed E-state index contributed by atoms with van der Waals surface area (Å²) < 4.78 is 2.27. The summed E-state index contributed by atoms with van der Waals surface area (Å²) in [5.74, 6) is 1.83. The SMILES string of the molecule is CC1(C)Cc2c(ccc3ccccc23)-c2nnc(-c3ccc(Cl)cc3)n21. The maximum Gasteiger partial charge on any atom is 0.165 e. The first kappa shape index (κ1) is 15.6. The van der Waals surface area contributed by atoms with Crippen molar-refractivity contribution >= 4 is 22.4 Å². The number of halogens is 1. The zero-order chi connectivity index (χ0) is 17.9. The molecule has 3 nitrogen and oxygen atoms in total. The molecule has 128 valence electrons. The molecule has 1 aliphatic heterocycles. The molecule has 5 rings (SSSR count). The van der Waals surface area contributed by atoms with Crippen LogP contribution in [-0.4, -0.2) is 14.8 Å². The van der Waals surface area contributed by atoms with E-state index in [9.17, 15) is 0 Å². The molecule has 2 heterocycles. The van der Waals surface area contributed by atoms with E-state index in [-0.39, 0.29) is 5.54 Å². The van der Waals surface area contributed by atoms with Gasteiger partial charge in [0.2, 0.25) is 0 Å². The van der Waals surface area contributed by atoms with E-state index in [4.69, 9.17) is 11.6 Å². The molecular formula is C22H18ClN3. The summed E-state index contributed by atoms with van der Waals surface area (Å²) in [5, 5.41) is 12.4. The molecule has 0 unspecified atom stereocenters. The van der Waals surface area contributed by atoms with Crippen molar-refractivity contribution in [3.63, 3.8) is 0 Å². The quantitative estimate of drug-likeness (QED) is 0.435. The average molecular weight is 360 g/mol. The van der Waals surface area contributed by atoms with Crippen LogP contribution in [0, 0.1) is 0 Å². The summed E-state index contributed by atoms with van der Waals surface area (Å²) in [4.78, 5) is 0. The Hall–Kier alpha value is -2.65. The fourth-order valence-corrected chi connectivity index (χ4v) is 4.19. The number of rotatable bonds is 1. The Bertz CT molecular complexity index is 1140. The summed E-state index contributed by atoms with van der Waals surface area (Å²) in [5.41, 5.74) is 3.45. The van der Waals surface area contributed by atoms with Crippen LogP contribution < -0.4 is 0 Å². The molecule has 1 aliphatic rings. The van der Waals surface area contributed by atoms with Crippen LogP contribution in [0.2, 0.25) is 5.02 Å². The van der Waals surface area contributed by atoms with E-state index < -0.39 is 0 Å². The van der Waals surface area contributed by atoms with Gasteiger partial charge in [-0.1, -0.05) is 48.0 Å². The Labute approximate surface area is 157 Å². The highest BCUT2D eigenvalue weighted by Crippen LogP contribution is 2.42. The summed E-state index contributed by atoms with van der Waals surface area (Å²) in [7, 11) is 0. The van der Waals surface area contributed by atoms with Gasteiger partial charge >= 0.3 is 0 Å². The predicted octanol–water partition coefficient (Wildman–Crippen LogP) is 5.71. The lowest BCUT2D eigenvalue weighted by atomic mass is 9.84. The highest BCUT2D eigenvalue weighted by Gasteiger charge is 2.35. The van der Waals surface area contributed by atoms with Crippen LogP contribution in [0.5, 0.6) is 0 Å². The number of aromatic nitrogens is 3. The molecule has 0 bridgehead atoms. The van der Waals surface area contributed by atoms with E-state index in [0.29, 0.717) is 0 Å². The molecule has 0 aliphatic carbocycles. The molecule has 1 aromatic heterocycles. The molecule has 4 heteroatoms. The van der Waals surface area contributed by atoms with Crippen molar-refractivity contribution in [3.8, 4) is 22.8 Å². The summed E-state index contributed by atoms with van der Waals surface area (Å²) >= 11 is 6.05. The van der Waals surface area contributed by atoms with Crippen LogP contribution in [0.1, 0.15) is 19.4 Å². The number of fused-ring (bicyclic) bond motifs is 5. The second-order valence-electron chi connectivity index (χ2n) is 7.49. The fraction of sp³-hybridized carbons (Fsp3) is 0.182. The van der Waals surface area contributed by atoms with Gasteiger partial charge in [0.05, 0.1) is 0 Å². The molecule has 0 N–H and O–H groups in total. The van der Waals surface area contributed by atoms with Crippen molar-refractivity contribution in [2.24, 2.45) is 0 Å².